The molecule has 0 aliphatic carbocycles. The second kappa shape index (κ2) is 4.46. The van der Waals surface area contributed by atoms with Gasteiger partial charge < -0.3 is 10.5 Å². The number of ether oxygens (including phenoxy) is 1. The Morgan fingerprint density at radius 2 is 2.11 bits per heavy atom. The molecule has 6 heteroatoms. The van der Waals surface area contributed by atoms with E-state index in [1.54, 1.807) is 12.1 Å². The van der Waals surface area contributed by atoms with Crippen LogP contribution >= 0.6 is 23.2 Å². The summed E-state index contributed by atoms with van der Waals surface area (Å²) in [6.07, 6.45) is 0.791. The number of nitrogens with zero attached hydrogens (tertiary/aromatic N) is 2. The molecule has 18 heavy (non-hydrogen) atoms. The summed E-state index contributed by atoms with van der Waals surface area (Å²) in [6, 6.07) is 5.41. The van der Waals surface area contributed by atoms with Crippen molar-refractivity contribution >= 4 is 29.0 Å². The van der Waals surface area contributed by atoms with E-state index in [0.717, 1.165) is 23.4 Å². The second-order valence-corrected chi connectivity index (χ2v) is 4.94. The van der Waals surface area contributed by atoms with Gasteiger partial charge in [0.25, 0.3) is 0 Å². The van der Waals surface area contributed by atoms with Crippen LogP contribution in [-0.4, -0.2) is 16.4 Å². The van der Waals surface area contributed by atoms with E-state index in [1.165, 1.54) is 0 Å². The van der Waals surface area contributed by atoms with E-state index < -0.39 is 0 Å². The molecule has 1 aliphatic rings. The third-order valence-electron chi connectivity index (χ3n) is 3.00. The van der Waals surface area contributed by atoms with E-state index in [2.05, 4.69) is 5.10 Å². The van der Waals surface area contributed by atoms with Gasteiger partial charge in [0.05, 0.1) is 34.6 Å². The number of nitrogen functional groups attached to an aromatic ring is 1. The monoisotopic (exact) mass is 283 g/mol. The fourth-order valence-electron chi connectivity index (χ4n) is 2.09. The Balaban J connectivity index is 2.14. The summed E-state index contributed by atoms with van der Waals surface area (Å²) in [6.45, 7) is 1.20. The molecule has 0 amide bonds. The lowest BCUT2D eigenvalue weighted by molar-refractivity contribution is 0.110. The fraction of sp³-hybridized carbons (Fsp3) is 0.250. The summed E-state index contributed by atoms with van der Waals surface area (Å²) in [5, 5.41) is 5.38. The van der Waals surface area contributed by atoms with Crippen LogP contribution in [-0.2, 0) is 17.8 Å². The largest absolute Gasteiger partial charge is 0.382 e. The van der Waals surface area contributed by atoms with Crippen molar-refractivity contribution in [2.75, 3.05) is 12.3 Å². The molecular weight excluding hydrogens is 273 g/mol. The minimum Gasteiger partial charge on any atom is -0.382 e. The predicted molar refractivity (Wildman–Crippen MR) is 71.4 cm³/mol. The quantitative estimate of drug-likeness (QED) is 0.876. The zero-order valence-electron chi connectivity index (χ0n) is 9.49. The second-order valence-electron chi connectivity index (χ2n) is 4.12. The van der Waals surface area contributed by atoms with Crippen molar-refractivity contribution in [2.45, 2.75) is 13.0 Å². The molecule has 0 atom stereocenters. The Hall–Kier alpha value is -1.23. The molecule has 0 saturated carbocycles. The molecule has 3 rings (SSSR count). The van der Waals surface area contributed by atoms with Gasteiger partial charge in [-0.2, -0.15) is 5.10 Å². The minimum atomic E-state index is 0.504. The summed E-state index contributed by atoms with van der Waals surface area (Å²) < 4.78 is 7.20. The van der Waals surface area contributed by atoms with Crippen LogP contribution in [0.5, 0.6) is 0 Å². The van der Waals surface area contributed by atoms with Gasteiger partial charge in [0.1, 0.15) is 0 Å². The van der Waals surface area contributed by atoms with Crippen molar-refractivity contribution in [3.05, 3.63) is 39.5 Å². The number of fused-ring (bicyclic) bond motifs is 1. The Morgan fingerprint density at radius 1 is 1.28 bits per heavy atom. The van der Waals surface area contributed by atoms with Crippen molar-refractivity contribution < 1.29 is 4.74 Å². The molecule has 0 fully saturated rings. The molecule has 0 unspecified atom stereocenters. The van der Waals surface area contributed by atoms with Crippen LogP contribution in [0, 0.1) is 0 Å². The maximum Gasteiger partial charge on any atom is 0.151 e. The van der Waals surface area contributed by atoms with Gasteiger partial charge in [-0.3, -0.25) is 0 Å². The summed E-state index contributed by atoms with van der Waals surface area (Å²) in [4.78, 5) is 0. The highest BCUT2D eigenvalue weighted by atomic mass is 35.5. The number of hydrogen-bond donors (Lipinski definition) is 1. The van der Waals surface area contributed by atoms with Crippen molar-refractivity contribution in [1.29, 1.82) is 0 Å². The first kappa shape index (κ1) is 11.8. The van der Waals surface area contributed by atoms with E-state index in [0.29, 0.717) is 29.1 Å². The molecule has 2 aromatic rings. The van der Waals surface area contributed by atoms with Crippen molar-refractivity contribution in [1.82, 2.24) is 9.78 Å². The zero-order valence-corrected chi connectivity index (χ0v) is 11.0. The third kappa shape index (κ3) is 1.86. The lowest BCUT2D eigenvalue weighted by Crippen LogP contribution is -2.13. The molecule has 2 heterocycles. The van der Waals surface area contributed by atoms with Gasteiger partial charge in [-0.1, -0.05) is 23.2 Å². The van der Waals surface area contributed by atoms with Crippen LogP contribution in [0.3, 0.4) is 0 Å². The minimum absolute atomic E-state index is 0.504. The molecule has 94 valence electrons. The molecule has 0 spiro atoms. The van der Waals surface area contributed by atoms with Crippen molar-refractivity contribution in [3.8, 4) is 5.69 Å². The Labute approximate surface area is 114 Å². The number of benzene rings is 1. The lowest BCUT2D eigenvalue weighted by Gasteiger charge is -2.14. The average Bonchev–Trinajstić information content (AvgIpc) is 2.71. The van der Waals surface area contributed by atoms with Crippen LogP contribution < -0.4 is 5.73 Å². The molecule has 1 aliphatic heterocycles. The number of halogens is 2. The van der Waals surface area contributed by atoms with Gasteiger partial charge in [0, 0.05) is 12.0 Å². The van der Waals surface area contributed by atoms with Gasteiger partial charge >= 0.3 is 0 Å². The van der Waals surface area contributed by atoms with Gasteiger partial charge in [0.15, 0.2) is 5.82 Å². The predicted octanol–water partition coefficient (Wildman–Crippen LogP) is 2.83. The number of rotatable bonds is 1. The van der Waals surface area contributed by atoms with Crippen LogP contribution in [0.15, 0.2) is 18.2 Å². The van der Waals surface area contributed by atoms with E-state index in [-0.39, 0.29) is 0 Å². The summed E-state index contributed by atoms with van der Waals surface area (Å²) in [7, 11) is 0. The van der Waals surface area contributed by atoms with E-state index in [4.69, 9.17) is 33.7 Å². The molecule has 0 radical (unpaired) electrons. The Kier molecular flexibility index (Phi) is 2.93. The van der Waals surface area contributed by atoms with Crippen molar-refractivity contribution in [2.24, 2.45) is 0 Å². The van der Waals surface area contributed by atoms with Gasteiger partial charge in [-0.05, 0) is 18.2 Å². The summed E-state index contributed by atoms with van der Waals surface area (Å²) in [5.41, 5.74) is 8.80. The fourth-order valence-corrected chi connectivity index (χ4v) is 2.38. The molecule has 2 N–H and O–H groups in total. The Bertz CT molecular complexity index is 610. The highest BCUT2D eigenvalue weighted by molar-refractivity contribution is 6.42. The van der Waals surface area contributed by atoms with E-state index >= 15 is 0 Å². The van der Waals surface area contributed by atoms with Crippen molar-refractivity contribution in [3.63, 3.8) is 0 Å². The van der Waals surface area contributed by atoms with E-state index in [1.807, 2.05) is 10.7 Å². The Morgan fingerprint density at radius 3 is 2.89 bits per heavy atom. The number of anilines is 1. The third-order valence-corrected chi connectivity index (χ3v) is 3.74. The van der Waals surface area contributed by atoms with Crippen LogP contribution in [0.4, 0.5) is 5.82 Å². The normalized spacial score (nSPS) is 14.6. The molecular formula is C12H11Cl2N3O. The topological polar surface area (TPSA) is 53.1 Å². The SMILES string of the molecule is Nc1nn(-c2ccc(Cl)c(Cl)c2)c2c1COCC2. The standard InChI is InChI=1S/C12H11Cl2N3O/c13-9-2-1-7(5-10(9)14)17-11-3-4-18-6-8(11)12(15)16-17/h1-2,5H,3-4,6H2,(H2,15,16). The summed E-state index contributed by atoms with van der Waals surface area (Å²) >= 11 is 11.9. The number of nitrogens with two attached hydrogens (primary N) is 1. The number of aromatic nitrogens is 2. The van der Waals surface area contributed by atoms with Gasteiger partial charge in [0.2, 0.25) is 0 Å². The van der Waals surface area contributed by atoms with Gasteiger partial charge in [-0.15, -0.1) is 0 Å². The van der Waals surface area contributed by atoms with Gasteiger partial charge in [-0.25, -0.2) is 4.68 Å². The zero-order chi connectivity index (χ0) is 12.7. The smallest absolute Gasteiger partial charge is 0.151 e. The number of hydrogen-bond acceptors (Lipinski definition) is 3. The first-order valence-electron chi connectivity index (χ1n) is 5.56. The van der Waals surface area contributed by atoms with Crippen LogP contribution in [0.1, 0.15) is 11.3 Å². The maximum atomic E-state index is 6.02. The molecule has 4 nitrogen and oxygen atoms in total. The molecule has 1 aromatic heterocycles. The highest BCUT2D eigenvalue weighted by Gasteiger charge is 2.20. The average molecular weight is 284 g/mol. The lowest BCUT2D eigenvalue weighted by atomic mass is 10.1. The first-order valence-corrected chi connectivity index (χ1v) is 6.32. The molecule has 1 aromatic carbocycles. The van der Waals surface area contributed by atoms with Crippen LogP contribution in [0.2, 0.25) is 10.0 Å². The highest BCUT2D eigenvalue weighted by Crippen LogP contribution is 2.28. The molecule has 0 saturated heterocycles. The van der Waals surface area contributed by atoms with E-state index in [9.17, 15) is 0 Å². The molecule has 0 bridgehead atoms. The maximum absolute atomic E-state index is 6.02. The summed E-state index contributed by atoms with van der Waals surface area (Å²) in [5.74, 6) is 0.510. The first-order chi connectivity index (χ1) is 8.66. The van der Waals surface area contributed by atoms with Crippen LogP contribution in [0.25, 0.3) is 5.69 Å².